The lowest BCUT2D eigenvalue weighted by Crippen LogP contribution is -2.13. The van der Waals surface area contributed by atoms with Gasteiger partial charge >= 0.3 is 0 Å². The van der Waals surface area contributed by atoms with Crippen molar-refractivity contribution in [3.63, 3.8) is 0 Å². The molecular formula is C19H18BrN3O3S. The summed E-state index contributed by atoms with van der Waals surface area (Å²) in [6, 6.07) is 15.2. The molecule has 0 aliphatic carbocycles. The van der Waals surface area contributed by atoms with E-state index in [0.717, 1.165) is 22.3 Å². The maximum atomic E-state index is 12.0. The molecule has 0 spiro atoms. The molecule has 2 aromatic carbocycles. The number of amides is 1. The Morgan fingerprint density at radius 1 is 1.15 bits per heavy atom. The first-order valence-electron chi connectivity index (χ1n) is 8.34. The third-order valence-corrected chi connectivity index (χ3v) is 4.94. The Balaban J connectivity index is 1.44. The first-order chi connectivity index (χ1) is 13.1. The van der Waals surface area contributed by atoms with Gasteiger partial charge in [0.1, 0.15) is 5.75 Å². The molecule has 3 rings (SSSR count). The molecular weight excluding hydrogens is 430 g/mol. The maximum Gasteiger partial charge on any atom is 0.277 e. The lowest BCUT2D eigenvalue weighted by atomic mass is 10.2. The van der Waals surface area contributed by atoms with Crippen LogP contribution in [0.3, 0.4) is 0 Å². The van der Waals surface area contributed by atoms with E-state index in [-0.39, 0.29) is 18.3 Å². The van der Waals surface area contributed by atoms with Crippen molar-refractivity contribution in [3.8, 4) is 5.75 Å². The van der Waals surface area contributed by atoms with Crippen molar-refractivity contribution in [3.05, 3.63) is 64.5 Å². The number of aryl methyl sites for hydroxylation is 1. The molecule has 0 fully saturated rings. The van der Waals surface area contributed by atoms with Crippen molar-refractivity contribution in [2.45, 2.75) is 25.2 Å². The fourth-order valence-corrected chi connectivity index (χ4v) is 3.02. The summed E-state index contributed by atoms with van der Waals surface area (Å²) in [7, 11) is 0. The molecule has 0 unspecified atom stereocenters. The monoisotopic (exact) mass is 447 g/mol. The number of benzene rings is 2. The van der Waals surface area contributed by atoms with Crippen LogP contribution < -0.4 is 10.1 Å². The van der Waals surface area contributed by atoms with Gasteiger partial charge in [0.25, 0.3) is 11.1 Å². The van der Waals surface area contributed by atoms with Crippen molar-refractivity contribution in [1.29, 1.82) is 0 Å². The molecule has 1 amide bonds. The van der Waals surface area contributed by atoms with E-state index in [9.17, 15) is 4.79 Å². The van der Waals surface area contributed by atoms with Crippen LogP contribution in [-0.4, -0.2) is 21.9 Å². The van der Waals surface area contributed by atoms with Gasteiger partial charge in [0.05, 0.1) is 5.75 Å². The molecule has 27 heavy (non-hydrogen) atoms. The van der Waals surface area contributed by atoms with Crippen LogP contribution in [0.4, 0.5) is 5.69 Å². The normalized spacial score (nSPS) is 10.6. The van der Waals surface area contributed by atoms with E-state index in [1.165, 1.54) is 17.3 Å². The lowest BCUT2D eigenvalue weighted by Gasteiger charge is -2.04. The number of nitrogens with one attached hydrogen (secondary N) is 1. The Morgan fingerprint density at radius 3 is 2.59 bits per heavy atom. The zero-order valence-electron chi connectivity index (χ0n) is 14.6. The molecule has 0 saturated heterocycles. The van der Waals surface area contributed by atoms with Gasteiger partial charge in [-0.3, -0.25) is 4.79 Å². The predicted octanol–water partition coefficient (Wildman–Crippen LogP) is 4.70. The molecule has 0 aliphatic heterocycles. The molecule has 6 nitrogen and oxygen atoms in total. The number of carbonyl (C=O) groups is 1. The molecule has 0 bridgehead atoms. The van der Waals surface area contributed by atoms with Crippen molar-refractivity contribution in [1.82, 2.24) is 10.2 Å². The minimum absolute atomic E-state index is 0.144. The van der Waals surface area contributed by atoms with Gasteiger partial charge in [-0.2, -0.15) is 0 Å². The molecule has 3 aromatic rings. The maximum absolute atomic E-state index is 12.0. The number of ether oxygens (including phenoxy) is 1. The third kappa shape index (κ3) is 6.11. The first-order valence-corrected chi connectivity index (χ1v) is 10.1. The lowest BCUT2D eigenvalue weighted by molar-refractivity contribution is -0.113. The average Bonchev–Trinajstić information content (AvgIpc) is 3.15. The number of anilines is 1. The van der Waals surface area contributed by atoms with E-state index >= 15 is 0 Å². The summed E-state index contributed by atoms with van der Waals surface area (Å²) < 4.78 is 12.1. The Bertz CT molecular complexity index is 882. The molecule has 1 heterocycles. The third-order valence-electron chi connectivity index (χ3n) is 3.60. The van der Waals surface area contributed by atoms with Gasteiger partial charge in [0.2, 0.25) is 5.91 Å². The number of carbonyl (C=O) groups excluding carboxylic acids is 1. The minimum atomic E-state index is -0.144. The highest BCUT2D eigenvalue weighted by Gasteiger charge is 2.10. The van der Waals surface area contributed by atoms with Crippen molar-refractivity contribution in [2.75, 3.05) is 11.1 Å². The number of halogens is 1. The standard InChI is InChI=1S/C19H18BrN3O3S/c1-2-13-3-9-16(10-4-13)25-11-18-22-23-19(26-18)27-12-17(24)21-15-7-5-14(20)6-8-15/h3-10H,2,11-12H2,1H3,(H,21,24). The SMILES string of the molecule is CCc1ccc(OCc2nnc(SCC(=O)Nc3ccc(Br)cc3)o2)cc1. The fraction of sp³-hybridized carbons (Fsp3) is 0.211. The number of rotatable bonds is 8. The predicted molar refractivity (Wildman–Crippen MR) is 108 cm³/mol. The van der Waals surface area contributed by atoms with Gasteiger partial charge in [-0.15, -0.1) is 10.2 Å². The van der Waals surface area contributed by atoms with E-state index in [4.69, 9.17) is 9.15 Å². The van der Waals surface area contributed by atoms with Crippen LogP contribution in [0.2, 0.25) is 0 Å². The van der Waals surface area contributed by atoms with Crippen LogP contribution in [0.25, 0.3) is 0 Å². The van der Waals surface area contributed by atoms with Crippen LogP contribution in [-0.2, 0) is 17.8 Å². The van der Waals surface area contributed by atoms with Crippen LogP contribution in [0, 0.1) is 0 Å². The summed E-state index contributed by atoms with van der Waals surface area (Å²) in [6.45, 7) is 2.29. The molecule has 1 aromatic heterocycles. The van der Waals surface area contributed by atoms with Crippen molar-refractivity contribution >= 4 is 39.3 Å². The number of hydrogen-bond donors (Lipinski definition) is 1. The molecule has 0 aliphatic rings. The van der Waals surface area contributed by atoms with Crippen LogP contribution in [0.15, 0.2) is 62.6 Å². The molecule has 1 N–H and O–H groups in total. The van der Waals surface area contributed by atoms with Crippen LogP contribution in [0.1, 0.15) is 18.4 Å². The summed E-state index contributed by atoms with van der Waals surface area (Å²) in [5.41, 5.74) is 1.98. The van der Waals surface area contributed by atoms with Gasteiger partial charge in [0, 0.05) is 10.2 Å². The summed E-state index contributed by atoms with van der Waals surface area (Å²) in [5, 5.41) is 11.0. The molecule has 8 heteroatoms. The van der Waals surface area contributed by atoms with Gasteiger partial charge in [0.15, 0.2) is 6.61 Å². The Morgan fingerprint density at radius 2 is 1.89 bits per heavy atom. The second kappa shape index (κ2) is 9.57. The number of hydrogen-bond acceptors (Lipinski definition) is 6. The topological polar surface area (TPSA) is 77.2 Å². The molecule has 140 valence electrons. The largest absolute Gasteiger partial charge is 0.484 e. The van der Waals surface area contributed by atoms with Crippen LogP contribution in [0.5, 0.6) is 5.75 Å². The number of thioether (sulfide) groups is 1. The number of aromatic nitrogens is 2. The van der Waals surface area contributed by atoms with Crippen LogP contribution >= 0.6 is 27.7 Å². The van der Waals surface area contributed by atoms with Gasteiger partial charge in [-0.1, -0.05) is 46.7 Å². The quantitative estimate of drug-likeness (QED) is 0.504. The summed E-state index contributed by atoms with van der Waals surface area (Å²) in [4.78, 5) is 12.0. The molecule has 0 saturated carbocycles. The highest BCUT2D eigenvalue weighted by Crippen LogP contribution is 2.19. The van der Waals surface area contributed by atoms with Gasteiger partial charge in [-0.25, -0.2) is 0 Å². The van der Waals surface area contributed by atoms with E-state index in [1.807, 2.05) is 48.5 Å². The Labute approximate surface area is 169 Å². The zero-order valence-corrected chi connectivity index (χ0v) is 17.0. The summed E-state index contributed by atoms with van der Waals surface area (Å²) >= 11 is 4.54. The summed E-state index contributed by atoms with van der Waals surface area (Å²) in [6.07, 6.45) is 0.986. The van der Waals surface area contributed by atoms with Crippen molar-refractivity contribution in [2.24, 2.45) is 0 Å². The zero-order chi connectivity index (χ0) is 19.1. The van der Waals surface area contributed by atoms with E-state index in [0.29, 0.717) is 11.1 Å². The van der Waals surface area contributed by atoms with Gasteiger partial charge in [-0.05, 0) is 48.4 Å². The number of nitrogens with zero attached hydrogens (tertiary/aromatic N) is 2. The highest BCUT2D eigenvalue weighted by molar-refractivity contribution is 9.10. The van der Waals surface area contributed by atoms with E-state index in [1.54, 1.807) is 0 Å². The smallest absolute Gasteiger partial charge is 0.277 e. The summed E-state index contributed by atoms with van der Waals surface area (Å²) in [5.74, 6) is 1.14. The Kier molecular flexibility index (Phi) is 6.89. The van der Waals surface area contributed by atoms with Gasteiger partial charge < -0.3 is 14.5 Å². The second-order valence-electron chi connectivity index (χ2n) is 5.59. The minimum Gasteiger partial charge on any atom is -0.484 e. The van der Waals surface area contributed by atoms with E-state index in [2.05, 4.69) is 38.4 Å². The fourth-order valence-electron chi connectivity index (χ4n) is 2.18. The Hall–Kier alpha value is -2.32. The van der Waals surface area contributed by atoms with E-state index < -0.39 is 0 Å². The van der Waals surface area contributed by atoms with Crippen molar-refractivity contribution < 1.29 is 13.9 Å². The first kappa shape index (κ1) is 19.4. The molecule has 0 radical (unpaired) electrons. The highest BCUT2D eigenvalue weighted by atomic mass is 79.9. The average molecular weight is 448 g/mol. The second-order valence-corrected chi connectivity index (χ2v) is 7.43. The molecule has 0 atom stereocenters.